The topological polar surface area (TPSA) is 71.3 Å². The third kappa shape index (κ3) is 3.76. The molecule has 1 aromatic heterocycles. The Hall–Kier alpha value is -2.21. The average molecular weight is 314 g/mol. The highest BCUT2D eigenvalue weighted by Crippen LogP contribution is 2.21. The maximum atomic E-state index is 11.6. The minimum absolute atomic E-state index is 0.127. The van der Waals surface area contributed by atoms with Gasteiger partial charge in [0.05, 0.1) is 6.54 Å². The fraction of sp³-hybridized carbons (Fsp3) is 0.471. The van der Waals surface area contributed by atoms with Gasteiger partial charge in [0.15, 0.2) is 0 Å². The average Bonchev–Trinajstić information content (AvgIpc) is 3.03. The number of likely N-dealkylation sites (tertiary alicyclic amines) is 1. The fourth-order valence-corrected chi connectivity index (χ4v) is 2.97. The van der Waals surface area contributed by atoms with Crippen molar-refractivity contribution in [2.24, 2.45) is 5.92 Å². The van der Waals surface area contributed by atoms with Gasteiger partial charge in [-0.2, -0.15) is 4.98 Å². The standard InChI is InChI=1S/C17H22N4O2/c1-12-4-3-5-14(10-12)16-19-15(23-20-16)11-21-8-6-13(7-9-21)17(22)18-2/h3-5,10,13H,6-9,11H2,1-2H3,(H,18,22). The molecule has 6 heteroatoms. The van der Waals surface area contributed by atoms with Crippen LogP contribution in [-0.4, -0.2) is 41.1 Å². The highest BCUT2D eigenvalue weighted by molar-refractivity contribution is 5.78. The molecule has 0 aliphatic carbocycles. The molecule has 1 N–H and O–H groups in total. The summed E-state index contributed by atoms with van der Waals surface area (Å²) in [5.74, 6) is 1.52. The zero-order valence-corrected chi connectivity index (χ0v) is 13.6. The Kier molecular flexibility index (Phi) is 4.71. The smallest absolute Gasteiger partial charge is 0.241 e. The molecular formula is C17H22N4O2. The van der Waals surface area contributed by atoms with Gasteiger partial charge in [-0.25, -0.2) is 0 Å². The van der Waals surface area contributed by atoms with Crippen molar-refractivity contribution in [3.8, 4) is 11.4 Å². The minimum Gasteiger partial charge on any atom is -0.359 e. The molecule has 0 unspecified atom stereocenters. The van der Waals surface area contributed by atoms with Crippen molar-refractivity contribution >= 4 is 5.91 Å². The monoisotopic (exact) mass is 314 g/mol. The first kappa shape index (κ1) is 15.7. The molecule has 122 valence electrons. The SMILES string of the molecule is CNC(=O)C1CCN(Cc2nc(-c3cccc(C)c3)no2)CC1. The Morgan fingerprint density at radius 1 is 1.39 bits per heavy atom. The molecule has 1 saturated heterocycles. The third-order valence-electron chi connectivity index (χ3n) is 4.31. The summed E-state index contributed by atoms with van der Waals surface area (Å²) in [6.45, 7) is 4.43. The number of hydrogen-bond donors (Lipinski definition) is 1. The second-order valence-electron chi connectivity index (χ2n) is 6.05. The summed E-state index contributed by atoms with van der Waals surface area (Å²) in [7, 11) is 1.69. The Bertz CT molecular complexity index is 675. The van der Waals surface area contributed by atoms with Crippen LogP contribution in [-0.2, 0) is 11.3 Å². The molecule has 0 spiro atoms. The first-order chi connectivity index (χ1) is 11.2. The molecule has 0 saturated carbocycles. The summed E-state index contributed by atoms with van der Waals surface area (Å²) in [5, 5.41) is 6.80. The zero-order chi connectivity index (χ0) is 16.2. The highest BCUT2D eigenvalue weighted by atomic mass is 16.5. The second kappa shape index (κ2) is 6.91. The summed E-state index contributed by atoms with van der Waals surface area (Å²) >= 11 is 0. The number of carbonyl (C=O) groups is 1. The minimum atomic E-state index is 0.127. The predicted octanol–water partition coefficient (Wildman–Crippen LogP) is 2.00. The highest BCUT2D eigenvalue weighted by Gasteiger charge is 2.25. The lowest BCUT2D eigenvalue weighted by molar-refractivity contribution is -0.125. The molecular weight excluding hydrogens is 292 g/mol. The van der Waals surface area contributed by atoms with Gasteiger partial charge in [0.1, 0.15) is 0 Å². The molecule has 2 aromatic rings. The maximum absolute atomic E-state index is 11.6. The van der Waals surface area contributed by atoms with Crippen LogP contribution >= 0.6 is 0 Å². The van der Waals surface area contributed by atoms with E-state index in [1.165, 1.54) is 5.56 Å². The van der Waals surface area contributed by atoms with Crippen LogP contribution in [0, 0.1) is 12.8 Å². The summed E-state index contributed by atoms with van der Waals surface area (Å²) in [4.78, 5) is 18.4. The Balaban J connectivity index is 1.59. The number of piperidine rings is 1. The molecule has 2 heterocycles. The van der Waals surface area contributed by atoms with Gasteiger partial charge >= 0.3 is 0 Å². The molecule has 23 heavy (non-hydrogen) atoms. The number of nitrogens with one attached hydrogen (secondary N) is 1. The van der Waals surface area contributed by atoms with E-state index in [1.54, 1.807) is 7.05 Å². The molecule has 1 aliphatic heterocycles. The van der Waals surface area contributed by atoms with Crippen molar-refractivity contribution in [1.29, 1.82) is 0 Å². The summed E-state index contributed by atoms with van der Waals surface area (Å²) in [6.07, 6.45) is 1.75. The van der Waals surface area contributed by atoms with Gasteiger partial charge in [-0.3, -0.25) is 9.69 Å². The zero-order valence-electron chi connectivity index (χ0n) is 13.6. The predicted molar refractivity (Wildman–Crippen MR) is 86.5 cm³/mol. The number of benzene rings is 1. The number of hydrogen-bond acceptors (Lipinski definition) is 5. The van der Waals surface area contributed by atoms with Crippen molar-refractivity contribution in [3.05, 3.63) is 35.7 Å². The number of amides is 1. The van der Waals surface area contributed by atoms with E-state index in [4.69, 9.17) is 4.52 Å². The van der Waals surface area contributed by atoms with Gasteiger partial charge in [-0.15, -0.1) is 0 Å². The van der Waals surface area contributed by atoms with Crippen LogP contribution in [0.3, 0.4) is 0 Å². The lowest BCUT2D eigenvalue weighted by Crippen LogP contribution is -2.39. The van der Waals surface area contributed by atoms with Crippen molar-refractivity contribution < 1.29 is 9.32 Å². The van der Waals surface area contributed by atoms with Crippen molar-refractivity contribution in [3.63, 3.8) is 0 Å². The molecule has 1 fully saturated rings. The van der Waals surface area contributed by atoms with Crippen LogP contribution < -0.4 is 5.32 Å². The van der Waals surface area contributed by atoms with Gasteiger partial charge in [0.2, 0.25) is 17.6 Å². The fourth-order valence-electron chi connectivity index (χ4n) is 2.97. The third-order valence-corrected chi connectivity index (χ3v) is 4.31. The molecule has 6 nitrogen and oxygen atoms in total. The number of nitrogens with zero attached hydrogens (tertiary/aromatic N) is 3. The molecule has 3 rings (SSSR count). The van der Waals surface area contributed by atoms with E-state index in [-0.39, 0.29) is 11.8 Å². The van der Waals surface area contributed by atoms with E-state index in [0.29, 0.717) is 18.3 Å². The normalized spacial score (nSPS) is 16.4. The maximum Gasteiger partial charge on any atom is 0.241 e. The van der Waals surface area contributed by atoms with Crippen LogP contribution in [0.1, 0.15) is 24.3 Å². The van der Waals surface area contributed by atoms with E-state index < -0.39 is 0 Å². The Morgan fingerprint density at radius 3 is 2.87 bits per heavy atom. The molecule has 1 aromatic carbocycles. The molecule has 1 amide bonds. The van der Waals surface area contributed by atoms with Gasteiger partial charge in [-0.1, -0.05) is 28.9 Å². The number of aromatic nitrogens is 2. The van der Waals surface area contributed by atoms with Crippen molar-refractivity contribution in [2.75, 3.05) is 20.1 Å². The van der Waals surface area contributed by atoms with Crippen LogP contribution in [0.4, 0.5) is 0 Å². The number of aryl methyl sites for hydroxylation is 1. The molecule has 1 aliphatic rings. The molecule has 0 radical (unpaired) electrons. The lowest BCUT2D eigenvalue weighted by Gasteiger charge is -2.29. The second-order valence-corrected chi connectivity index (χ2v) is 6.05. The van der Waals surface area contributed by atoms with E-state index in [9.17, 15) is 4.79 Å². The van der Waals surface area contributed by atoms with Gasteiger partial charge in [0.25, 0.3) is 0 Å². The van der Waals surface area contributed by atoms with E-state index >= 15 is 0 Å². The summed E-state index contributed by atoms with van der Waals surface area (Å²) in [6, 6.07) is 8.06. The lowest BCUT2D eigenvalue weighted by atomic mass is 9.96. The van der Waals surface area contributed by atoms with Crippen LogP contribution in [0.25, 0.3) is 11.4 Å². The van der Waals surface area contributed by atoms with Gasteiger partial charge in [0, 0.05) is 18.5 Å². The van der Waals surface area contributed by atoms with E-state index in [1.807, 2.05) is 31.2 Å². The Morgan fingerprint density at radius 2 is 2.17 bits per heavy atom. The molecule has 0 atom stereocenters. The van der Waals surface area contributed by atoms with Gasteiger partial charge in [-0.05, 0) is 38.9 Å². The summed E-state index contributed by atoms with van der Waals surface area (Å²) in [5.41, 5.74) is 2.14. The largest absolute Gasteiger partial charge is 0.359 e. The first-order valence-electron chi connectivity index (χ1n) is 7.99. The van der Waals surface area contributed by atoms with Crippen LogP contribution in [0.15, 0.2) is 28.8 Å². The van der Waals surface area contributed by atoms with Gasteiger partial charge < -0.3 is 9.84 Å². The first-order valence-corrected chi connectivity index (χ1v) is 7.99. The number of carbonyl (C=O) groups excluding carboxylic acids is 1. The van der Waals surface area contributed by atoms with Crippen molar-refractivity contribution in [1.82, 2.24) is 20.4 Å². The quantitative estimate of drug-likeness (QED) is 0.934. The van der Waals surface area contributed by atoms with Crippen molar-refractivity contribution in [2.45, 2.75) is 26.3 Å². The summed E-state index contributed by atoms with van der Waals surface area (Å²) < 4.78 is 5.38. The van der Waals surface area contributed by atoms with E-state index in [2.05, 4.69) is 20.4 Å². The number of rotatable bonds is 4. The Labute approximate surface area is 135 Å². The van der Waals surface area contributed by atoms with Crippen LogP contribution in [0.5, 0.6) is 0 Å². The van der Waals surface area contributed by atoms with E-state index in [0.717, 1.165) is 31.5 Å². The van der Waals surface area contributed by atoms with Crippen LogP contribution in [0.2, 0.25) is 0 Å². The molecule has 0 bridgehead atoms.